The summed E-state index contributed by atoms with van der Waals surface area (Å²) in [5.74, 6) is 2.04. The van der Waals surface area contributed by atoms with E-state index in [0.717, 1.165) is 29.5 Å². The quantitative estimate of drug-likeness (QED) is 0.890. The topological polar surface area (TPSA) is 23.5 Å². The van der Waals surface area contributed by atoms with Crippen molar-refractivity contribution in [3.05, 3.63) is 28.8 Å². The summed E-state index contributed by atoms with van der Waals surface area (Å²) >= 11 is 0. The van der Waals surface area contributed by atoms with Crippen LogP contribution in [0.1, 0.15) is 37.0 Å². The highest BCUT2D eigenvalue weighted by molar-refractivity contribution is 5.85. The maximum atomic E-state index is 9.81. The van der Waals surface area contributed by atoms with Crippen molar-refractivity contribution >= 4 is 12.4 Å². The number of rotatable bonds is 2. The molecule has 0 amide bonds. The lowest BCUT2D eigenvalue weighted by atomic mass is 9.91. The Morgan fingerprint density at radius 2 is 1.58 bits per heavy atom. The molecule has 1 aliphatic rings. The Labute approximate surface area is 123 Å². The molecule has 2 atom stereocenters. The maximum Gasteiger partial charge on any atom is 0.121 e. The molecule has 0 bridgehead atoms. The van der Waals surface area contributed by atoms with Gasteiger partial charge in [0, 0.05) is 19.6 Å². The maximum absolute atomic E-state index is 9.81. The average molecular weight is 284 g/mol. The number of aromatic hydroxyl groups is 1. The lowest BCUT2D eigenvalue weighted by molar-refractivity contribution is 0.134. The van der Waals surface area contributed by atoms with Crippen LogP contribution in [0.4, 0.5) is 0 Å². The van der Waals surface area contributed by atoms with Gasteiger partial charge < -0.3 is 5.11 Å². The van der Waals surface area contributed by atoms with Crippen molar-refractivity contribution in [2.24, 2.45) is 11.8 Å². The van der Waals surface area contributed by atoms with E-state index in [-0.39, 0.29) is 12.4 Å². The highest BCUT2D eigenvalue weighted by Gasteiger charge is 2.21. The number of benzene rings is 1. The van der Waals surface area contributed by atoms with Gasteiger partial charge in [0.05, 0.1) is 0 Å². The number of likely N-dealkylation sites (tertiary alicyclic amines) is 1. The molecular formula is C16H26ClNO. The third-order valence-corrected chi connectivity index (χ3v) is 3.90. The molecule has 19 heavy (non-hydrogen) atoms. The van der Waals surface area contributed by atoms with Gasteiger partial charge in [-0.25, -0.2) is 0 Å². The van der Waals surface area contributed by atoms with Gasteiger partial charge in [0.15, 0.2) is 0 Å². The second kappa shape index (κ2) is 6.62. The van der Waals surface area contributed by atoms with Gasteiger partial charge in [0.25, 0.3) is 0 Å². The van der Waals surface area contributed by atoms with E-state index in [1.165, 1.54) is 25.1 Å². The Bertz CT molecular complexity index is 400. The third-order valence-electron chi connectivity index (χ3n) is 3.90. The van der Waals surface area contributed by atoms with Crippen molar-refractivity contribution in [2.45, 2.75) is 40.7 Å². The van der Waals surface area contributed by atoms with E-state index < -0.39 is 0 Å². The number of piperidine rings is 1. The highest BCUT2D eigenvalue weighted by atomic mass is 35.5. The predicted octanol–water partition coefficient (Wildman–Crippen LogP) is 3.91. The second-order valence-electron chi connectivity index (χ2n) is 6.22. The van der Waals surface area contributed by atoms with Gasteiger partial charge in [0.1, 0.15) is 5.75 Å². The van der Waals surface area contributed by atoms with Crippen LogP contribution in [0.25, 0.3) is 0 Å². The van der Waals surface area contributed by atoms with Crippen LogP contribution in [-0.4, -0.2) is 23.1 Å². The molecule has 1 aromatic rings. The monoisotopic (exact) mass is 283 g/mol. The van der Waals surface area contributed by atoms with Crippen molar-refractivity contribution in [1.29, 1.82) is 0 Å². The zero-order valence-electron chi connectivity index (χ0n) is 12.4. The first-order chi connectivity index (χ1) is 8.45. The molecule has 108 valence electrons. The highest BCUT2D eigenvalue weighted by Crippen LogP contribution is 2.26. The summed E-state index contributed by atoms with van der Waals surface area (Å²) in [4.78, 5) is 2.55. The molecule has 0 radical (unpaired) electrons. The van der Waals surface area contributed by atoms with E-state index in [9.17, 15) is 5.11 Å². The molecule has 0 aliphatic carbocycles. The average Bonchev–Trinajstić information content (AvgIpc) is 2.24. The van der Waals surface area contributed by atoms with E-state index in [1.54, 1.807) is 0 Å². The first-order valence-electron chi connectivity index (χ1n) is 6.97. The molecule has 0 saturated carbocycles. The SMILES string of the molecule is Cc1cc(CN2CC(C)CC(C)C2)cc(C)c1O.Cl. The summed E-state index contributed by atoms with van der Waals surface area (Å²) in [6.45, 7) is 12.1. The molecule has 1 saturated heterocycles. The number of nitrogens with zero attached hydrogens (tertiary/aromatic N) is 1. The molecule has 0 spiro atoms. The fourth-order valence-electron chi connectivity index (χ4n) is 3.32. The van der Waals surface area contributed by atoms with Crippen LogP contribution in [0.2, 0.25) is 0 Å². The minimum atomic E-state index is 0. The number of hydrogen-bond acceptors (Lipinski definition) is 2. The molecule has 1 fully saturated rings. The summed E-state index contributed by atoms with van der Waals surface area (Å²) < 4.78 is 0. The number of halogens is 1. The van der Waals surface area contributed by atoms with Crippen LogP contribution in [0.15, 0.2) is 12.1 Å². The minimum absolute atomic E-state index is 0. The van der Waals surface area contributed by atoms with Gasteiger partial charge in [-0.05, 0) is 48.8 Å². The molecule has 3 heteroatoms. The molecule has 1 N–H and O–H groups in total. The Balaban J connectivity index is 0.00000180. The lowest BCUT2D eigenvalue weighted by Crippen LogP contribution is -2.38. The Hall–Kier alpha value is -0.730. The smallest absolute Gasteiger partial charge is 0.121 e. The van der Waals surface area contributed by atoms with Crippen molar-refractivity contribution in [3.8, 4) is 5.75 Å². The molecule has 0 aromatic heterocycles. The summed E-state index contributed by atoms with van der Waals surface area (Å²) in [6.07, 6.45) is 1.35. The largest absolute Gasteiger partial charge is 0.507 e. The van der Waals surface area contributed by atoms with Gasteiger partial charge in [-0.15, -0.1) is 12.4 Å². The Morgan fingerprint density at radius 1 is 1.11 bits per heavy atom. The Kier molecular flexibility index (Phi) is 5.69. The number of phenolic OH excluding ortho intramolecular Hbond substituents is 1. The van der Waals surface area contributed by atoms with Crippen LogP contribution in [0, 0.1) is 25.7 Å². The van der Waals surface area contributed by atoms with E-state index in [0.29, 0.717) is 5.75 Å². The molecular weight excluding hydrogens is 258 g/mol. The van der Waals surface area contributed by atoms with Gasteiger partial charge in [0.2, 0.25) is 0 Å². The van der Waals surface area contributed by atoms with Crippen LogP contribution >= 0.6 is 12.4 Å². The van der Waals surface area contributed by atoms with E-state index in [4.69, 9.17) is 0 Å². The van der Waals surface area contributed by atoms with E-state index in [2.05, 4.69) is 30.9 Å². The van der Waals surface area contributed by atoms with Crippen molar-refractivity contribution in [2.75, 3.05) is 13.1 Å². The molecule has 1 aromatic carbocycles. The summed E-state index contributed by atoms with van der Waals surface area (Å²) in [5, 5.41) is 9.81. The van der Waals surface area contributed by atoms with E-state index >= 15 is 0 Å². The van der Waals surface area contributed by atoms with Crippen molar-refractivity contribution in [1.82, 2.24) is 4.90 Å². The molecule has 2 nitrogen and oxygen atoms in total. The summed E-state index contributed by atoms with van der Waals surface area (Å²) in [7, 11) is 0. The van der Waals surface area contributed by atoms with E-state index in [1.807, 2.05) is 13.8 Å². The fraction of sp³-hybridized carbons (Fsp3) is 0.625. The number of aryl methyl sites for hydroxylation is 2. The zero-order chi connectivity index (χ0) is 13.3. The van der Waals surface area contributed by atoms with Gasteiger partial charge in [-0.3, -0.25) is 4.90 Å². The number of hydrogen-bond donors (Lipinski definition) is 1. The minimum Gasteiger partial charge on any atom is -0.507 e. The lowest BCUT2D eigenvalue weighted by Gasteiger charge is -2.35. The van der Waals surface area contributed by atoms with Gasteiger partial charge in [-0.2, -0.15) is 0 Å². The second-order valence-corrected chi connectivity index (χ2v) is 6.22. The molecule has 2 unspecified atom stereocenters. The van der Waals surface area contributed by atoms with Gasteiger partial charge >= 0.3 is 0 Å². The van der Waals surface area contributed by atoms with Crippen LogP contribution in [0.3, 0.4) is 0 Å². The predicted molar refractivity (Wildman–Crippen MR) is 83.1 cm³/mol. The normalized spacial score (nSPS) is 24.0. The van der Waals surface area contributed by atoms with Crippen molar-refractivity contribution < 1.29 is 5.11 Å². The van der Waals surface area contributed by atoms with Gasteiger partial charge in [-0.1, -0.05) is 26.0 Å². The van der Waals surface area contributed by atoms with Crippen LogP contribution in [-0.2, 0) is 6.54 Å². The Morgan fingerprint density at radius 3 is 2.05 bits per heavy atom. The number of phenols is 1. The van der Waals surface area contributed by atoms with Crippen LogP contribution < -0.4 is 0 Å². The first-order valence-corrected chi connectivity index (χ1v) is 6.97. The molecule has 2 rings (SSSR count). The summed E-state index contributed by atoms with van der Waals surface area (Å²) in [6, 6.07) is 4.23. The fourth-order valence-corrected chi connectivity index (χ4v) is 3.32. The standard InChI is InChI=1S/C16H25NO.ClH/c1-11-5-12(2)9-17(8-11)10-15-6-13(3)16(18)14(4)7-15;/h6-7,11-12,18H,5,8-10H2,1-4H3;1H. The molecule has 1 heterocycles. The first kappa shape index (κ1) is 16.3. The van der Waals surface area contributed by atoms with Crippen LogP contribution in [0.5, 0.6) is 5.75 Å². The van der Waals surface area contributed by atoms with Crippen molar-refractivity contribution in [3.63, 3.8) is 0 Å². The third kappa shape index (κ3) is 4.12. The zero-order valence-corrected chi connectivity index (χ0v) is 13.3. The summed E-state index contributed by atoms with van der Waals surface area (Å²) in [5.41, 5.74) is 3.30. The molecule has 1 aliphatic heterocycles.